The van der Waals surface area contributed by atoms with E-state index >= 15 is 0 Å². The summed E-state index contributed by atoms with van der Waals surface area (Å²) in [7, 11) is 0. The normalized spacial score (nSPS) is 32.6. The third-order valence-electron chi connectivity index (χ3n) is 5.82. The minimum Gasteiger partial charge on any atom is -0.392 e. The summed E-state index contributed by atoms with van der Waals surface area (Å²) in [5.74, 6) is 1.51. The van der Waals surface area contributed by atoms with Gasteiger partial charge in [0.2, 0.25) is 0 Å². The van der Waals surface area contributed by atoms with Gasteiger partial charge in [-0.2, -0.15) is 0 Å². The molecule has 3 nitrogen and oxygen atoms in total. The van der Waals surface area contributed by atoms with Gasteiger partial charge < -0.3 is 15.2 Å². The molecule has 2 aliphatic rings. The first-order chi connectivity index (χ1) is 12.1. The SMILES string of the molecule is C[C@@H]1CC2CC[C@H](C)C(O)C2C1O.[Ir].[c-]1ccccc1-c1ccccn1. The average Bonchev–Trinajstić information content (AvgIpc) is 2.95. The maximum Gasteiger partial charge on any atom is 0.0621 e. The van der Waals surface area contributed by atoms with Gasteiger partial charge in [0.15, 0.2) is 0 Å². The van der Waals surface area contributed by atoms with Crippen molar-refractivity contribution in [3.63, 3.8) is 0 Å². The van der Waals surface area contributed by atoms with E-state index in [2.05, 4.69) is 24.9 Å². The van der Waals surface area contributed by atoms with E-state index in [-0.39, 0.29) is 38.2 Å². The number of aliphatic hydroxyl groups excluding tert-OH is 2. The fourth-order valence-corrected chi connectivity index (χ4v) is 4.33. The summed E-state index contributed by atoms with van der Waals surface area (Å²) in [6.07, 6.45) is 4.69. The van der Waals surface area contributed by atoms with Gasteiger partial charge in [0.05, 0.1) is 12.2 Å². The van der Waals surface area contributed by atoms with Crippen molar-refractivity contribution in [3.8, 4) is 11.3 Å². The van der Waals surface area contributed by atoms with Crippen LogP contribution in [0.5, 0.6) is 0 Å². The molecular formula is C22H28IrNO2-. The van der Waals surface area contributed by atoms with Gasteiger partial charge in [0.1, 0.15) is 0 Å². The van der Waals surface area contributed by atoms with Crippen LogP contribution in [0.1, 0.15) is 33.1 Å². The number of rotatable bonds is 1. The summed E-state index contributed by atoms with van der Waals surface area (Å²) < 4.78 is 0. The molecule has 2 N–H and O–H groups in total. The smallest absolute Gasteiger partial charge is 0.0621 e. The van der Waals surface area contributed by atoms with Gasteiger partial charge in [-0.05, 0) is 48.8 Å². The summed E-state index contributed by atoms with van der Waals surface area (Å²) in [6, 6.07) is 16.8. The Labute approximate surface area is 170 Å². The molecular weight excluding hydrogens is 502 g/mol. The molecule has 1 radical (unpaired) electrons. The van der Waals surface area contributed by atoms with Crippen LogP contribution in [0.4, 0.5) is 0 Å². The van der Waals surface area contributed by atoms with Crippen LogP contribution in [0.2, 0.25) is 0 Å². The quantitative estimate of drug-likeness (QED) is 0.549. The molecule has 6 atom stereocenters. The van der Waals surface area contributed by atoms with E-state index in [0.29, 0.717) is 17.8 Å². The molecule has 0 aliphatic heterocycles. The van der Waals surface area contributed by atoms with Crippen molar-refractivity contribution in [1.82, 2.24) is 4.98 Å². The maximum atomic E-state index is 9.98. The van der Waals surface area contributed by atoms with Gasteiger partial charge in [-0.15, -0.1) is 35.9 Å². The zero-order valence-electron chi connectivity index (χ0n) is 15.4. The second-order valence-electron chi connectivity index (χ2n) is 7.58. The monoisotopic (exact) mass is 531 g/mol. The van der Waals surface area contributed by atoms with Crippen molar-refractivity contribution in [2.45, 2.75) is 45.3 Å². The Morgan fingerprint density at radius 3 is 2.35 bits per heavy atom. The topological polar surface area (TPSA) is 53.4 Å². The average molecular weight is 531 g/mol. The molecule has 4 unspecified atom stereocenters. The first-order valence-electron chi connectivity index (χ1n) is 9.32. The zero-order chi connectivity index (χ0) is 17.8. The van der Waals surface area contributed by atoms with Crippen molar-refractivity contribution >= 4 is 0 Å². The van der Waals surface area contributed by atoms with Crippen LogP contribution < -0.4 is 0 Å². The van der Waals surface area contributed by atoms with Crippen molar-refractivity contribution in [2.75, 3.05) is 0 Å². The van der Waals surface area contributed by atoms with Crippen LogP contribution in [0, 0.1) is 29.7 Å². The molecule has 2 saturated carbocycles. The second kappa shape index (κ2) is 9.75. The molecule has 2 aromatic rings. The molecule has 0 spiro atoms. The van der Waals surface area contributed by atoms with Crippen LogP contribution >= 0.6 is 0 Å². The summed E-state index contributed by atoms with van der Waals surface area (Å²) in [4.78, 5) is 4.22. The Kier molecular flexibility index (Phi) is 7.97. The molecule has 143 valence electrons. The van der Waals surface area contributed by atoms with E-state index in [1.807, 2.05) is 42.5 Å². The molecule has 2 aliphatic carbocycles. The van der Waals surface area contributed by atoms with Gasteiger partial charge in [-0.3, -0.25) is 0 Å². The largest absolute Gasteiger partial charge is 0.392 e. The number of pyridine rings is 1. The minimum absolute atomic E-state index is 0. The Morgan fingerprint density at radius 1 is 0.962 bits per heavy atom. The number of nitrogens with zero attached hydrogens (tertiary/aromatic N) is 1. The van der Waals surface area contributed by atoms with Crippen LogP contribution in [-0.2, 0) is 20.1 Å². The molecule has 26 heavy (non-hydrogen) atoms. The fraction of sp³-hybridized carbons (Fsp3) is 0.500. The first kappa shape index (κ1) is 21.2. The van der Waals surface area contributed by atoms with E-state index in [9.17, 15) is 10.2 Å². The van der Waals surface area contributed by atoms with Crippen LogP contribution in [0.3, 0.4) is 0 Å². The van der Waals surface area contributed by atoms with Crippen LogP contribution in [0.25, 0.3) is 11.3 Å². The third-order valence-corrected chi connectivity index (χ3v) is 5.82. The number of fused-ring (bicyclic) bond motifs is 1. The number of hydrogen-bond acceptors (Lipinski definition) is 3. The Morgan fingerprint density at radius 2 is 1.69 bits per heavy atom. The number of hydrogen-bond donors (Lipinski definition) is 2. The molecule has 0 amide bonds. The number of benzene rings is 1. The number of aliphatic hydroxyl groups is 2. The van der Waals surface area contributed by atoms with Crippen molar-refractivity contribution < 1.29 is 30.3 Å². The van der Waals surface area contributed by atoms with Crippen LogP contribution in [-0.4, -0.2) is 27.4 Å². The zero-order valence-corrected chi connectivity index (χ0v) is 17.8. The molecule has 1 heterocycles. The van der Waals surface area contributed by atoms with Crippen LogP contribution in [0.15, 0.2) is 48.7 Å². The van der Waals surface area contributed by atoms with Gasteiger partial charge in [-0.1, -0.05) is 26.0 Å². The van der Waals surface area contributed by atoms with Crippen molar-refractivity contribution in [3.05, 3.63) is 54.7 Å². The predicted molar refractivity (Wildman–Crippen MR) is 99.7 cm³/mol. The molecule has 1 aromatic carbocycles. The van der Waals surface area contributed by atoms with E-state index in [1.54, 1.807) is 6.20 Å². The Bertz CT molecular complexity index is 612. The summed E-state index contributed by atoms with van der Waals surface area (Å²) in [6.45, 7) is 4.19. The predicted octanol–water partition coefficient (Wildman–Crippen LogP) is 3.96. The molecule has 2 fully saturated rings. The Hall–Kier alpha value is -1.06. The van der Waals surface area contributed by atoms with E-state index in [1.165, 1.54) is 6.42 Å². The molecule has 0 bridgehead atoms. The summed E-state index contributed by atoms with van der Waals surface area (Å²) >= 11 is 0. The standard InChI is InChI=1S/C11H8N.C11H20O2.Ir/c1-2-6-10(7-3-1)11-8-4-5-9-12-11;1-6-3-4-8-5-7(2)11(13)9(8)10(6)12;/h1-6,8-9H;6-13H,3-5H2,1-2H3;/q-1;;/t;6-,7+,8?,9?,10?,11?;/m.0./s1. The maximum absolute atomic E-state index is 9.98. The second-order valence-corrected chi connectivity index (χ2v) is 7.58. The van der Waals surface area contributed by atoms with Crippen molar-refractivity contribution in [2.24, 2.45) is 23.7 Å². The Balaban J connectivity index is 0.000000180. The first-order valence-corrected chi connectivity index (χ1v) is 9.32. The third kappa shape index (κ3) is 4.80. The van der Waals surface area contributed by atoms with Gasteiger partial charge in [0, 0.05) is 32.2 Å². The molecule has 4 heteroatoms. The summed E-state index contributed by atoms with van der Waals surface area (Å²) in [5.41, 5.74) is 2.01. The van der Waals surface area contributed by atoms with Gasteiger partial charge in [-0.25, -0.2) is 0 Å². The molecule has 0 saturated heterocycles. The van der Waals surface area contributed by atoms with E-state index in [0.717, 1.165) is 24.1 Å². The van der Waals surface area contributed by atoms with Crippen molar-refractivity contribution in [1.29, 1.82) is 0 Å². The number of aromatic nitrogens is 1. The van der Waals surface area contributed by atoms with E-state index in [4.69, 9.17) is 0 Å². The molecule has 4 rings (SSSR count). The van der Waals surface area contributed by atoms with Gasteiger partial charge in [0.25, 0.3) is 0 Å². The minimum atomic E-state index is -0.265. The summed E-state index contributed by atoms with van der Waals surface area (Å²) in [5, 5.41) is 19.9. The molecule has 1 aromatic heterocycles. The fourth-order valence-electron chi connectivity index (χ4n) is 4.33. The van der Waals surface area contributed by atoms with Gasteiger partial charge >= 0.3 is 0 Å². The van der Waals surface area contributed by atoms with E-state index < -0.39 is 0 Å².